The van der Waals surface area contributed by atoms with Gasteiger partial charge < -0.3 is 19.5 Å². The van der Waals surface area contributed by atoms with Gasteiger partial charge in [-0.2, -0.15) is 0 Å². The van der Waals surface area contributed by atoms with E-state index in [2.05, 4.69) is 9.88 Å². The van der Waals surface area contributed by atoms with Crippen molar-refractivity contribution >= 4 is 5.91 Å². The molecule has 1 saturated heterocycles. The Morgan fingerprint density at radius 1 is 1.28 bits per heavy atom. The number of rotatable bonds is 5. The molecule has 2 heterocycles. The molecule has 1 aliphatic rings. The minimum atomic E-state index is 0.145. The van der Waals surface area contributed by atoms with Crippen LogP contribution in [0.25, 0.3) is 5.69 Å². The van der Waals surface area contributed by atoms with Crippen molar-refractivity contribution in [2.24, 2.45) is 5.92 Å². The Kier molecular flexibility index (Phi) is 5.13. The van der Waals surface area contributed by atoms with Crippen molar-refractivity contribution in [1.29, 1.82) is 0 Å². The molecule has 1 unspecified atom stereocenters. The maximum absolute atomic E-state index is 13.0. The van der Waals surface area contributed by atoms with E-state index in [0.29, 0.717) is 5.92 Å². The quantitative estimate of drug-likeness (QED) is 0.910. The third-order valence-corrected chi connectivity index (χ3v) is 5.06. The summed E-state index contributed by atoms with van der Waals surface area (Å²) in [7, 11) is 3.63. The van der Waals surface area contributed by atoms with Crippen LogP contribution in [-0.4, -0.2) is 49.2 Å². The first kappa shape index (κ1) is 17.5. The van der Waals surface area contributed by atoms with Gasteiger partial charge in [0.05, 0.1) is 12.7 Å². The van der Waals surface area contributed by atoms with Gasteiger partial charge in [-0.25, -0.2) is 0 Å². The summed E-state index contributed by atoms with van der Waals surface area (Å²) in [6.07, 6.45) is 1.07. The van der Waals surface area contributed by atoms with Crippen LogP contribution in [0.1, 0.15) is 28.2 Å². The summed E-state index contributed by atoms with van der Waals surface area (Å²) < 4.78 is 7.36. The lowest BCUT2D eigenvalue weighted by molar-refractivity contribution is 0.0786. The second-order valence-electron chi connectivity index (χ2n) is 6.78. The van der Waals surface area contributed by atoms with Crippen molar-refractivity contribution in [2.75, 3.05) is 33.8 Å². The van der Waals surface area contributed by atoms with Gasteiger partial charge in [-0.15, -0.1) is 0 Å². The molecule has 25 heavy (non-hydrogen) atoms. The second kappa shape index (κ2) is 7.31. The fourth-order valence-electron chi connectivity index (χ4n) is 3.75. The normalized spacial score (nSPS) is 17.1. The number of benzene rings is 1. The minimum absolute atomic E-state index is 0.145. The summed E-state index contributed by atoms with van der Waals surface area (Å²) in [6, 6.07) is 9.93. The van der Waals surface area contributed by atoms with Crippen LogP contribution in [0.5, 0.6) is 5.75 Å². The highest BCUT2D eigenvalue weighted by Crippen LogP contribution is 2.25. The average Bonchev–Trinajstić information content (AvgIpc) is 3.19. The molecule has 5 heteroatoms. The predicted octanol–water partition coefficient (Wildman–Crippen LogP) is 2.78. The fraction of sp³-hybridized carbons (Fsp3) is 0.450. The van der Waals surface area contributed by atoms with E-state index in [0.717, 1.165) is 54.4 Å². The third kappa shape index (κ3) is 3.42. The van der Waals surface area contributed by atoms with Crippen LogP contribution < -0.4 is 10.1 Å². The molecule has 1 aromatic heterocycles. The highest BCUT2D eigenvalue weighted by atomic mass is 16.5. The number of likely N-dealkylation sites (tertiary alicyclic amines) is 1. The van der Waals surface area contributed by atoms with E-state index in [4.69, 9.17) is 4.74 Å². The van der Waals surface area contributed by atoms with Crippen LogP contribution in [0.15, 0.2) is 30.3 Å². The van der Waals surface area contributed by atoms with Crippen LogP contribution >= 0.6 is 0 Å². The summed E-state index contributed by atoms with van der Waals surface area (Å²) >= 11 is 0. The minimum Gasteiger partial charge on any atom is -0.497 e. The van der Waals surface area contributed by atoms with Crippen LogP contribution in [0, 0.1) is 19.8 Å². The lowest BCUT2D eigenvalue weighted by Crippen LogP contribution is -2.30. The number of aryl methyl sites for hydroxylation is 1. The van der Waals surface area contributed by atoms with Gasteiger partial charge in [-0.05, 0) is 70.1 Å². The summed E-state index contributed by atoms with van der Waals surface area (Å²) in [5, 5.41) is 3.21. The van der Waals surface area contributed by atoms with Crippen molar-refractivity contribution < 1.29 is 9.53 Å². The zero-order chi connectivity index (χ0) is 18.0. The van der Waals surface area contributed by atoms with Gasteiger partial charge in [-0.3, -0.25) is 4.79 Å². The molecule has 0 bridgehead atoms. The monoisotopic (exact) mass is 341 g/mol. The highest BCUT2D eigenvalue weighted by Gasteiger charge is 2.28. The van der Waals surface area contributed by atoms with Crippen LogP contribution in [0.3, 0.4) is 0 Å². The fourth-order valence-corrected chi connectivity index (χ4v) is 3.75. The zero-order valence-electron chi connectivity index (χ0n) is 15.5. The number of nitrogens with zero attached hydrogens (tertiary/aromatic N) is 2. The lowest BCUT2D eigenvalue weighted by atomic mass is 10.1. The largest absolute Gasteiger partial charge is 0.497 e. The first-order valence-electron chi connectivity index (χ1n) is 8.82. The predicted molar refractivity (Wildman–Crippen MR) is 99.7 cm³/mol. The maximum atomic E-state index is 13.0. The number of hydrogen-bond acceptors (Lipinski definition) is 3. The number of hydrogen-bond donors (Lipinski definition) is 1. The molecule has 3 rings (SSSR count). The van der Waals surface area contributed by atoms with Crippen LogP contribution in [-0.2, 0) is 0 Å². The number of amides is 1. The molecule has 5 nitrogen and oxygen atoms in total. The van der Waals surface area contributed by atoms with Gasteiger partial charge in [0, 0.05) is 30.2 Å². The first-order valence-corrected chi connectivity index (χ1v) is 8.82. The summed E-state index contributed by atoms with van der Waals surface area (Å²) in [4.78, 5) is 15.0. The van der Waals surface area contributed by atoms with Crippen molar-refractivity contribution in [3.63, 3.8) is 0 Å². The number of nitrogens with one attached hydrogen (secondary N) is 1. The number of ether oxygens (including phenoxy) is 1. The van der Waals surface area contributed by atoms with E-state index < -0.39 is 0 Å². The van der Waals surface area contributed by atoms with Gasteiger partial charge in [-0.1, -0.05) is 0 Å². The molecule has 1 atom stereocenters. The number of aromatic nitrogens is 1. The molecule has 0 radical (unpaired) electrons. The number of methoxy groups -OCH3 is 1. The van der Waals surface area contributed by atoms with Gasteiger partial charge in [0.2, 0.25) is 0 Å². The first-order chi connectivity index (χ1) is 12.0. The van der Waals surface area contributed by atoms with Crippen molar-refractivity contribution in [3.05, 3.63) is 47.3 Å². The van der Waals surface area contributed by atoms with E-state index in [1.165, 1.54) is 0 Å². The molecule has 0 saturated carbocycles. The molecule has 1 fully saturated rings. The van der Waals surface area contributed by atoms with Crippen molar-refractivity contribution in [3.8, 4) is 11.4 Å². The van der Waals surface area contributed by atoms with Gasteiger partial charge in [0.15, 0.2) is 0 Å². The number of carbonyl (C=O) groups is 1. The van der Waals surface area contributed by atoms with E-state index in [1.54, 1.807) is 7.11 Å². The molecular weight excluding hydrogens is 314 g/mol. The Labute approximate surface area is 149 Å². The Hall–Kier alpha value is -2.27. The molecule has 1 N–H and O–H groups in total. The Morgan fingerprint density at radius 2 is 2.00 bits per heavy atom. The SMILES string of the molecule is CNCC1CCN(C(=O)c2cc(C)n(-c3ccc(OC)cc3)c2C)C1. The molecule has 1 aromatic carbocycles. The molecule has 1 amide bonds. The standard InChI is InChI=1S/C20H27N3O2/c1-14-11-19(20(24)22-10-9-16(13-22)12-21-3)15(2)23(14)17-5-7-18(25-4)8-6-17/h5-8,11,16,21H,9-10,12-13H2,1-4H3. The Morgan fingerprint density at radius 3 is 2.64 bits per heavy atom. The van der Waals surface area contributed by atoms with Crippen molar-refractivity contribution in [1.82, 2.24) is 14.8 Å². The lowest BCUT2D eigenvalue weighted by Gasteiger charge is -2.17. The summed E-state index contributed by atoms with van der Waals surface area (Å²) in [6.45, 7) is 6.71. The van der Waals surface area contributed by atoms with E-state index >= 15 is 0 Å². The van der Waals surface area contributed by atoms with Gasteiger partial charge in [0.25, 0.3) is 5.91 Å². The second-order valence-corrected chi connectivity index (χ2v) is 6.78. The molecule has 0 spiro atoms. The molecular formula is C20H27N3O2. The topological polar surface area (TPSA) is 46.5 Å². The molecule has 0 aliphatic carbocycles. The van der Waals surface area contributed by atoms with Crippen LogP contribution in [0.2, 0.25) is 0 Å². The van der Waals surface area contributed by atoms with E-state index in [-0.39, 0.29) is 5.91 Å². The van der Waals surface area contributed by atoms with Gasteiger partial charge >= 0.3 is 0 Å². The van der Waals surface area contributed by atoms with E-state index in [9.17, 15) is 4.79 Å². The van der Waals surface area contributed by atoms with Crippen LogP contribution in [0.4, 0.5) is 0 Å². The summed E-state index contributed by atoms with van der Waals surface area (Å²) in [5.41, 5.74) is 3.91. The Bertz CT molecular complexity index is 749. The van der Waals surface area contributed by atoms with Gasteiger partial charge in [0.1, 0.15) is 5.75 Å². The summed E-state index contributed by atoms with van der Waals surface area (Å²) in [5.74, 6) is 1.53. The third-order valence-electron chi connectivity index (χ3n) is 5.06. The average molecular weight is 341 g/mol. The smallest absolute Gasteiger partial charge is 0.255 e. The van der Waals surface area contributed by atoms with E-state index in [1.807, 2.05) is 56.1 Å². The highest BCUT2D eigenvalue weighted by molar-refractivity contribution is 5.96. The number of carbonyl (C=O) groups excluding carboxylic acids is 1. The molecule has 2 aromatic rings. The Balaban J connectivity index is 1.85. The molecule has 1 aliphatic heterocycles. The molecule has 134 valence electrons. The maximum Gasteiger partial charge on any atom is 0.255 e. The van der Waals surface area contributed by atoms with Crippen molar-refractivity contribution in [2.45, 2.75) is 20.3 Å². The zero-order valence-corrected chi connectivity index (χ0v) is 15.5.